The number of hydrogen-bond donors (Lipinski definition) is 5. The first-order valence-electron chi connectivity index (χ1n) is 9.29. The number of amides is 2. The van der Waals surface area contributed by atoms with E-state index in [0.29, 0.717) is 18.8 Å². The van der Waals surface area contributed by atoms with Gasteiger partial charge in [0.15, 0.2) is 0 Å². The van der Waals surface area contributed by atoms with Crippen LogP contribution in [0, 0.1) is 5.92 Å². The van der Waals surface area contributed by atoms with Crippen LogP contribution in [0.4, 0.5) is 4.79 Å². The van der Waals surface area contributed by atoms with Crippen LogP contribution in [0.1, 0.15) is 53.9 Å². The Bertz CT molecular complexity index is 555. The van der Waals surface area contributed by atoms with Gasteiger partial charge in [0.05, 0.1) is 12.5 Å². The molecule has 11 heteroatoms. The lowest BCUT2D eigenvalue weighted by atomic mass is 10.0. The number of carbonyl (C=O) groups excluding carboxylic acids is 4. The number of ketones is 2. The largest absolute Gasteiger partial charge is 0.461 e. The van der Waals surface area contributed by atoms with Crippen molar-refractivity contribution in [2.45, 2.75) is 78.1 Å². The molecule has 0 bridgehead atoms. The lowest BCUT2D eigenvalue weighted by Crippen LogP contribution is -2.29. The van der Waals surface area contributed by atoms with E-state index < -0.39 is 12.1 Å². The van der Waals surface area contributed by atoms with Crippen LogP contribution in [0.5, 0.6) is 0 Å². The minimum absolute atomic E-state index is 0.0342. The Hall–Kier alpha value is -2.37. The fraction of sp³-hybridized carbons (Fsp3) is 0.722. The molecule has 1 aliphatic rings. The zero-order valence-electron chi connectivity index (χ0n) is 17.9. The number of esters is 1. The summed E-state index contributed by atoms with van der Waals surface area (Å²) in [5.74, 6) is 0.378. The molecule has 1 rings (SSSR count). The molecule has 4 atom stereocenters. The van der Waals surface area contributed by atoms with Crippen molar-refractivity contribution in [3.63, 3.8) is 0 Å². The second-order valence-electron chi connectivity index (χ2n) is 7.20. The van der Waals surface area contributed by atoms with Gasteiger partial charge in [-0.25, -0.2) is 10.2 Å². The number of nitrogens with two attached hydrogens (primary N) is 4. The molecule has 1 saturated heterocycles. The molecule has 9 N–H and O–H groups in total. The molecule has 0 aliphatic carbocycles. The summed E-state index contributed by atoms with van der Waals surface area (Å²) in [6.45, 7) is 8.84. The van der Waals surface area contributed by atoms with Crippen molar-refractivity contribution in [1.29, 1.82) is 0 Å². The van der Waals surface area contributed by atoms with Crippen molar-refractivity contribution in [3.8, 4) is 0 Å². The Morgan fingerprint density at radius 2 is 1.72 bits per heavy atom. The monoisotopic (exact) mass is 416 g/mol. The minimum Gasteiger partial charge on any atom is -0.461 e. The lowest BCUT2D eigenvalue weighted by molar-refractivity contribution is -0.140. The van der Waals surface area contributed by atoms with Gasteiger partial charge in [-0.2, -0.15) is 5.10 Å². The van der Waals surface area contributed by atoms with Gasteiger partial charge < -0.3 is 27.7 Å². The normalized spacial score (nSPS) is 20.0. The number of nitrogens with zero attached hydrogens (tertiary/aromatic N) is 1. The number of primary amides is 1. The Balaban J connectivity index is 0. The summed E-state index contributed by atoms with van der Waals surface area (Å²) < 4.78 is 4.71. The van der Waals surface area contributed by atoms with Crippen LogP contribution in [0.3, 0.4) is 0 Å². The first-order valence-corrected chi connectivity index (χ1v) is 9.29. The molecule has 29 heavy (non-hydrogen) atoms. The number of ether oxygens (including phenoxy) is 1. The van der Waals surface area contributed by atoms with E-state index in [1.807, 2.05) is 19.3 Å². The summed E-state index contributed by atoms with van der Waals surface area (Å²) in [5, 5.41) is 3.40. The second-order valence-corrected chi connectivity index (χ2v) is 7.20. The standard InChI is InChI=1S/C7H15NO.C6H12N4O2.C5H9NO2/c1-5(2)7(8)4-6(3)9;1-4(11)2-5(7)3-9-10-6(8)12;1-3-4(6)2-5(7)8-3/h5,7H,4,8H2,1-3H3;3,5H,2,7H2,1H3,(H3,8,10,12);3-4H,2,6H2,1H3/b;9-3+;. The molecule has 0 aromatic heterocycles. The molecule has 168 valence electrons. The maximum atomic E-state index is 10.5. The first kappa shape index (κ1) is 28.8. The first-order chi connectivity index (χ1) is 13.3. The van der Waals surface area contributed by atoms with E-state index in [1.54, 1.807) is 13.8 Å². The Labute approximate surface area is 171 Å². The van der Waals surface area contributed by atoms with E-state index in [9.17, 15) is 19.2 Å². The predicted octanol–water partition coefficient (Wildman–Crippen LogP) is -0.455. The van der Waals surface area contributed by atoms with Gasteiger partial charge in [0.25, 0.3) is 0 Å². The van der Waals surface area contributed by atoms with Crippen molar-refractivity contribution < 1.29 is 23.9 Å². The number of Topliss-reactive ketones (excluding diaryl/α,β-unsaturated/α-hetero) is 2. The molecular formula is C18H36N6O5. The Kier molecular flexibility index (Phi) is 15.5. The molecule has 0 radical (unpaired) electrons. The van der Waals surface area contributed by atoms with Crippen molar-refractivity contribution in [2.75, 3.05) is 0 Å². The van der Waals surface area contributed by atoms with E-state index in [2.05, 4.69) is 5.10 Å². The molecule has 1 heterocycles. The van der Waals surface area contributed by atoms with Crippen molar-refractivity contribution in [2.24, 2.45) is 34.0 Å². The van der Waals surface area contributed by atoms with Gasteiger partial charge in [-0.05, 0) is 26.7 Å². The van der Waals surface area contributed by atoms with Gasteiger partial charge in [0, 0.05) is 31.1 Å². The minimum atomic E-state index is -0.763. The molecule has 11 nitrogen and oxygen atoms in total. The van der Waals surface area contributed by atoms with Gasteiger partial charge >= 0.3 is 12.0 Å². The molecule has 0 spiro atoms. The fourth-order valence-corrected chi connectivity index (χ4v) is 1.85. The molecular weight excluding hydrogens is 380 g/mol. The van der Waals surface area contributed by atoms with E-state index in [0.717, 1.165) is 0 Å². The van der Waals surface area contributed by atoms with Crippen molar-refractivity contribution in [1.82, 2.24) is 5.43 Å². The highest BCUT2D eigenvalue weighted by molar-refractivity contribution is 5.81. The molecule has 2 amide bonds. The average molecular weight is 417 g/mol. The lowest BCUT2D eigenvalue weighted by Gasteiger charge is -2.12. The third-order valence-electron chi connectivity index (χ3n) is 3.67. The van der Waals surface area contributed by atoms with Crippen LogP contribution < -0.4 is 28.4 Å². The maximum absolute atomic E-state index is 10.5. The van der Waals surface area contributed by atoms with Crippen LogP contribution >= 0.6 is 0 Å². The number of urea groups is 1. The van der Waals surface area contributed by atoms with Gasteiger partial charge in [0.1, 0.15) is 17.7 Å². The third kappa shape index (κ3) is 18.7. The molecule has 0 aromatic carbocycles. The van der Waals surface area contributed by atoms with Crippen molar-refractivity contribution >= 4 is 29.8 Å². The molecule has 0 saturated carbocycles. The third-order valence-corrected chi connectivity index (χ3v) is 3.67. The molecule has 0 aromatic rings. The highest BCUT2D eigenvalue weighted by Gasteiger charge is 2.27. The predicted molar refractivity (Wildman–Crippen MR) is 111 cm³/mol. The summed E-state index contributed by atoms with van der Waals surface area (Å²) in [5.41, 5.74) is 23.1. The Morgan fingerprint density at radius 3 is 1.97 bits per heavy atom. The molecule has 4 unspecified atom stereocenters. The van der Waals surface area contributed by atoms with Crippen LogP contribution in [-0.4, -0.2) is 54.0 Å². The number of carbonyl (C=O) groups is 4. The number of nitrogens with one attached hydrogen (secondary N) is 1. The molecule has 1 fully saturated rings. The van der Waals surface area contributed by atoms with Crippen LogP contribution in [-0.2, 0) is 19.1 Å². The number of cyclic esters (lactones) is 1. The number of hydrogen-bond acceptors (Lipinski definition) is 9. The van der Waals surface area contributed by atoms with Crippen molar-refractivity contribution in [3.05, 3.63) is 0 Å². The number of rotatable bonds is 7. The summed E-state index contributed by atoms with van der Waals surface area (Å²) in [6, 6.07) is -1.28. The summed E-state index contributed by atoms with van der Waals surface area (Å²) in [6.07, 6.45) is 2.26. The summed E-state index contributed by atoms with van der Waals surface area (Å²) in [4.78, 5) is 41.4. The quantitative estimate of drug-likeness (QED) is 0.208. The second kappa shape index (κ2) is 15.5. The van der Waals surface area contributed by atoms with Crippen LogP contribution in [0.15, 0.2) is 5.10 Å². The van der Waals surface area contributed by atoms with E-state index in [1.165, 1.54) is 13.1 Å². The van der Waals surface area contributed by atoms with E-state index in [4.69, 9.17) is 27.7 Å². The van der Waals surface area contributed by atoms with Gasteiger partial charge in [-0.1, -0.05) is 13.8 Å². The van der Waals surface area contributed by atoms with Gasteiger partial charge in [0.2, 0.25) is 0 Å². The average Bonchev–Trinajstić information content (AvgIpc) is 2.82. The zero-order valence-corrected chi connectivity index (χ0v) is 17.9. The molecule has 1 aliphatic heterocycles. The topological polar surface area (TPSA) is 206 Å². The summed E-state index contributed by atoms with van der Waals surface area (Å²) in [7, 11) is 0. The van der Waals surface area contributed by atoms with E-state index >= 15 is 0 Å². The number of hydrazone groups is 1. The summed E-state index contributed by atoms with van der Waals surface area (Å²) >= 11 is 0. The SMILES string of the molecule is CC(=O)CC(N)/C=N/NC(N)=O.CC(=O)CC(N)C(C)C.CC1OC(=O)CC1N. The zero-order chi connectivity index (χ0) is 23.1. The maximum Gasteiger partial charge on any atom is 0.332 e. The van der Waals surface area contributed by atoms with Crippen LogP contribution in [0.2, 0.25) is 0 Å². The van der Waals surface area contributed by atoms with Gasteiger partial charge in [-0.15, -0.1) is 0 Å². The fourth-order valence-electron chi connectivity index (χ4n) is 1.85. The van der Waals surface area contributed by atoms with Gasteiger partial charge in [-0.3, -0.25) is 14.4 Å². The van der Waals surface area contributed by atoms with Crippen LogP contribution in [0.25, 0.3) is 0 Å². The smallest absolute Gasteiger partial charge is 0.332 e. The van der Waals surface area contributed by atoms with E-state index in [-0.39, 0.29) is 42.1 Å². The highest BCUT2D eigenvalue weighted by atomic mass is 16.5. The highest BCUT2D eigenvalue weighted by Crippen LogP contribution is 2.10. The Morgan fingerprint density at radius 1 is 1.21 bits per heavy atom.